The van der Waals surface area contributed by atoms with E-state index >= 15 is 0 Å². The van der Waals surface area contributed by atoms with Crippen molar-refractivity contribution in [3.8, 4) is 0 Å². The molecule has 12 bridgehead atoms. The Bertz CT molecular complexity index is 2520. The van der Waals surface area contributed by atoms with Crippen molar-refractivity contribution in [2.45, 2.75) is 241 Å². The van der Waals surface area contributed by atoms with E-state index in [1.54, 1.807) is 13.8 Å². The Morgan fingerprint density at radius 1 is 0.549 bits per heavy atom. The fourth-order valence-corrected chi connectivity index (χ4v) is 15.4. The van der Waals surface area contributed by atoms with Crippen LogP contribution in [-0.2, 0) is 90.5 Å². The molecule has 8 aliphatic heterocycles. The summed E-state index contributed by atoms with van der Waals surface area (Å²) in [6.07, 6.45) is 8.80. The van der Waals surface area contributed by atoms with Crippen molar-refractivity contribution in [1.29, 1.82) is 0 Å². The molecule has 14 fully saturated rings. The van der Waals surface area contributed by atoms with E-state index in [2.05, 4.69) is 6.92 Å². The maximum absolute atomic E-state index is 12.4. The third kappa shape index (κ3) is 11.1. The molecule has 0 spiro atoms. The van der Waals surface area contributed by atoms with Gasteiger partial charge in [0.1, 0.15) is 42.2 Å². The van der Waals surface area contributed by atoms with Crippen LogP contribution in [-0.4, -0.2) is 122 Å². The molecule has 0 aromatic heterocycles. The van der Waals surface area contributed by atoms with Crippen LogP contribution in [0.15, 0.2) is 0 Å². The lowest BCUT2D eigenvalue weighted by Gasteiger charge is -2.46. The highest BCUT2D eigenvalue weighted by molar-refractivity contribution is 6.03. The average Bonchev–Trinajstić information content (AvgIpc) is 3.99. The van der Waals surface area contributed by atoms with Gasteiger partial charge in [-0.1, -0.05) is 34.6 Å². The second kappa shape index (κ2) is 22.6. The first-order valence-electron chi connectivity index (χ1n) is 30.8. The van der Waals surface area contributed by atoms with E-state index < -0.39 is 69.0 Å². The van der Waals surface area contributed by atoms with Crippen LogP contribution in [0.1, 0.15) is 186 Å². The zero-order chi connectivity index (χ0) is 60.0. The molecule has 19 nitrogen and oxygen atoms in total. The SMILES string of the molecule is CCC(C)(C)C(=O)OC12CC3CC(C1)OC(=O)C(C3)C2.CCC(C)(C)C(=O)OC1C(C)C2CC1C1C(=O)OCC21.CCC(C)(C)C(=O)OC1C2CC3(C(=O)OC)C(=O)OC1C3O2.CCC(C)(C)C(=O)OC1C2CC3CC1CC(C2)C(=O)O3. The lowest BCUT2D eigenvalue weighted by Crippen LogP contribution is -2.49. The standard InChI is InChI=1S/3C16H24O4.C15H20O7/c1-5-16(3,4)15(18)20-13-8(2)9-6-10(13)12-11(9)7-19-14(12)17;1-4-15(2,3)14(18)20-16-7-10-5-11(8-16)13(17)19-12(6-10)9-16;1-4-16(2,3)15(18)20-13-9-5-11-6-10(13)8-12(7-9)19-14(11)17;1-5-14(2,3)11(16)21-8-7-6-15(12(17)19-4)10(20-7)9(8)22-13(15)18/h8-13H,5-7H2,1-4H3;10-12H,4-9H2,1-3H3;9-13H,4-8H2,1-3H3;7-10H,5-6H2,1-4H3. The van der Waals surface area contributed by atoms with Gasteiger partial charge in [-0.15, -0.1) is 0 Å². The fraction of sp³-hybridized carbons (Fsp3) is 0.857. The fourth-order valence-electron chi connectivity index (χ4n) is 15.4. The number of methoxy groups -OCH3 is 1. The van der Waals surface area contributed by atoms with E-state index in [4.69, 9.17) is 47.4 Å². The molecule has 14 aliphatic rings. The highest BCUT2D eigenvalue weighted by Gasteiger charge is 2.77. The normalized spacial score (nSPS) is 40.0. The van der Waals surface area contributed by atoms with Gasteiger partial charge in [-0.3, -0.25) is 43.2 Å². The van der Waals surface area contributed by atoms with Crippen molar-refractivity contribution in [2.75, 3.05) is 13.7 Å². The van der Waals surface area contributed by atoms with E-state index in [1.807, 2.05) is 69.2 Å². The van der Waals surface area contributed by atoms with Crippen LogP contribution in [0.25, 0.3) is 0 Å². The van der Waals surface area contributed by atoms with Crippen LogP contribution in [0.4, 0.5) is 0 Å². The molecule has 6 saturated carbocycles. The van der Waals surface area contributed by atoms with Crippen LogP contribution >= 0.6 is 0 Å². The summed E-state index contributed by atoms with van der Waals surface area (Å²) in [4.78, 5) is 109. The van der Waals surface area contributed by atoms with Crippen LogP contribution in [0, 0.1) is 86.3 Å². The van der Waals surface area contributed by atoms with Crippen molar-refractivity contribution >= 4 is 53.7 Å². The summed E-state index contributed by atoms with van der Waals surface area (Å²) in [5.41, 5.74) is -3.79. The molecule has 8 heterocycles. The zero-order valence-corrected chi connectivity index (χ0v) is 51.0. The number of cyclic esters (lactones) is 1. The highest BCUT2D eigenvalue weighted by atomic mass is 16.7. The smallest absolute Gasteiger partial charge is 0.326 e. The first-order valence-corrected chi connectivity index (χ1v) is 30.8. The first kappa shape index (κ1) is 61.7. The molecular formula is C63H92O19. The van der Waals surface area contributed by atoms with Crippen LogP contribution in [0.5, 0.6) is 0 Å². The van der Waals surface area contributed by atoms with E-state index in [9.17, 15) is 43.2 Å². The molecule has 14 rings (SSSR count). The molecule has 0 radical (unpaired) electrons. The summed E-state index contributed by atoms with van der Waals surface area (Å²) in [5, 5.41) is 0. The topological polar surface area (TPSA) is 246 Å². The summed E-state index contributed by atoms with van der Waals surface area (Å²) < 4.78 is 55.1. The molecule has 458 valence electrons. The van der Waals surface area contributed by atoms with Gasteiger partial charge in [-0.2, -0.15) is 0 Å². The molecule has 6 aliphatic carbocycles. The molecule has 8 saturated heterocycles. The molecule has 17 unspecified atom stereocenters. The second-order valence-corrected chi connectivity index (χ2v) is 28.9. The van der Waals surface area contributed by atoms with Gasteiger partial charge in [0.15, 0.2) is 17.6 Å². The monoisotopic (exact) mass is 1150 g/mol. The predicted octanol–water partition coefficient (Wildman–Crippen LogP) is 8.54. The number of carbonyl (C=O) groups is 9. The van der Waals surface area contributed by atoms with Crippen molar-refractivity contribution in [1.82, 2.24) is 0 Å². The van der Waals surface area contributed by atoms with Gasteiger partial charge in [0.25, 0.3) is 0 Å². The number of rotatable bonds is 13. The van der Waals surface area contributed by atoms with Crippen LogP contribution in [0.2, 0.25) is 0 Å². The van der Waals surface area contributed by atoms with Gasteiger partial charge >= 0.3 is 53.7 Å². The summed E-state index contributed by atoms with van der Waals surface area (Å²) in [5.74, 6) is 0.161. The number of ether oxygens (including phenoxy) is 10. The molecular weight excluding hydrogens is 1060 g/mol. The maximum Gasteiger partial charge on any atom is 0.326 e. The van der Waals surface area contributed by atoms with E-state index in [0.29, 0.717) is 61.4 Å². The van der Waals surface area contributed by atoms with Crippen LogP contribution < -0.4 is 0 Å². The zero-order valence-electron chi connectivity index (χ0n) is 51.0. The third-order valence-electron chi connectivity index (χ3n) is 22.1. The summed E-state index contributed by atoms with van der Waals surface area (Å²) >= 11 is 0. The Kier molecular flexibility index (Phi) is 17.0. The van der Waals surface area contributed by atoms with Gasteiger partial charge in [-0.05, 0) is 150 Å². The van der Waals surface area contributed by atoms with Gasteiger partial charge in [0.2, 0.25) is 0 Å². The Balaban J connectivity index is 0.000000132. The number of esters is 9. The van der Waals surface area contributed by atoms with Crippen LogP contribution in [0.3, 0.4) is 0 Å². The minimum Gasteiger partial charge on any atom is -0.468 e. The number of fused-ring (bicyclic) bond motifs is 8. The van der Waals surface area contributed by atoms with E-state index in [-0.39, 0.29) is 96.3 Å². The Morgan fingerprint density at radius 3 is 1.66 bits per heavy atom. The lowest BCUT2D eigenvalue weighted by molar-refractivity contribution is -0.184. The van der Waals surface area contributed by atoms with Gasteiger partial charge < -0.3 is 47.4 Å². The molecule has 17 atom stereocenters. The van der Waals surface area contributed by atoms with Crippen molar-refractivity contribution in [3.63, 3.8) is 0 Å². The van der Waals surface area contributed by atoms with Crippen molar-refractivity contribution in [2.24, 2.45) is 86.3 Å². The molecule has 0 aromatic rings. The molecule has 0 N–H and O–H groups in total. The summed E-state index contributed by atoms with van der Waals surface area (Å²) in [6.45, 7) is 25.8. The quantitative estimate of drug-likeness (QED) is 0.0952. The highest BCUT2D eigenvalue weighted by Crippen LogP contribution is 2.60. The third-order valence-corrected chi connectivity index (χ3v) is 22.1. The van der Waals surface area contributed by atoms with E-state index in [1.165, 1.54) is 7.11 Å². The predicted molar refractivity (Wildman–Crippen MR) is 290 cm³/mol. The second-order valence-electron chi connectivity index (χ2n) is 28.9. The maximum atomic E-state index is 12.4. The van der Waals surface area contributed by atoms with E-state index in [0.717, 1.165) is 70.6 Å². The van der Waals surface area contributed by atoms with Gasteiger partial charge in [-0.25, -0.2) is 0 Å². The first-order chi connectivity index (χ1) is 38.4. The Labute approximate surface area is 483 Å². The molecule has 19 heteroatoms. The minimum atomic E-state index is -1.40. The van der Waals surface area contributed by atoms with Gasteiger partial charge in [0, 0.05) is 42.9 Å². The average molecular weight is 1150 g/mol. The van der Waals surface area contributed by atoms with Crippen molar-refractivity contribution in [3.05, 3.63) is 0 Å². The molecule has 0 amide bonds. The summed E-state index contributed by atoms with van der Waals surface area (Å²) in [7, 11) is 1.23. The minimum absolute atomic E-state index is 0.00433. The summed E-state index contributed by atoms with van der Waals surface area (Å²) in [6, 6.07) is 0. The van der Waals surface area contributed by atoms with Gasteiger partial charge in [0.05, 0.1) is 53.1 Å². The lowest BCUT2D eigenvalue weighted by atomic mass is 9.65. The number of hydrogen-bond acceptors (Lipinski definition) is 19. The van der Waals surface area contributed by atoms with Crippen molar-refractivity contribution < 1.29 is 90.5 Å². The number of hydrogen-bond donors (Lipinski definition) is 0. The molecule has 82 heavy (non-hydrogen) atoms. The Morgan fingerprint density at radius 2 is 1.09 bits per heavy atom. The molecule has 0 aromatic carbocycles. The largest absolute Gasteiger partial charge is 0.468 e. The Hall–Kier alpha value is -4.81. The number of carbonyl (C=O) groups excluding carboxylic acids is 9.